The van der Waals surface area contributed by atoms with E-state index >= 15 is 0 Å². The number of aryl methyl sites for hydroxylation is 2. The van der Waals surface area contributed by atoms with Gasteiger partial charge in [0.15, 0.2) is 16.7 Å². The topological polar surface area (TPSA) is 80.2 Å². The van der Waals surface area contributed by atoms with E-state index in [4.69, 9.17) is 14.5 Å². The molecule has 2 aromatic rings. The Bertz CT molecular complexity index is 1080. The minimum atomic E-state index is -0.486. The molecule has 0 aromatic heterocycles. The summed E-state index contributed by atoms with van der Waals surface area (Å²) in [7, 11) is 3.10. The molecule has 1 heterocycles. The third-order valence-electron chi connectivity index (χ3n) is 5.50. The summed E-state index contributed by atoms with van der Waals surface area (Å²) in [5, 5.41) is 3.06. The van der Waals surface area contributed by atoms with Gasteiger partial charge in [-0.1, -0.05) is 23.9 Å². The first-order valence-electron chi connectivity index (χ1n) is 10.6. The van der Waals surface area contributed by atoms with Crippen molar-refractivity contribution in [1.82, 2.24) is 4.90 Å². The third kappa shape index (κ3) is 4.75. The van der Waals surface area contributed by atoms with Crippen LogP contribution in [-0.4, -0.2) is 47.4 Å². The van der Waals surface area contributed by atoms with Crippen molar-refractivity contribution in [1.29, 1.82) is 0 Å². The molecule has 1 saturated carbocycles. The number of rotatable bonds is 7. The Hall–Kier alpha value is -3.00. The second-order valence-electron chi connectivity index (χ2n) is 8.05. The lowest BCUT2D eigenvalue weighted by atomic mass is 10.1. The number of amidine groups is 1. The summed E-state index contributed by atoms with van der Waals surface area (Å²) >= 11 is 1.38. The fourth-order valence-electron chi connectivity index (χ4n) is 3.60. The average molecular weight is 454 g/mol. The highest BCUT2D eigenvalue weighted by Gasteiger charge is 2.46. The van der Waals surface area contributed by atoms with Crippen molar-refractivity contribution in [2.45, 2.75) is 44.4 Å². The molecule has 0 bridgehead atoms. The summed E-state index contributed by atoms with van der Waals surface area (Å²) < 4.78 is 10.5. The van der Waals surface area contributed by atoms with E-state index in [1.807, 2.05) is 32.0 Å². The molecule has 1 atom stereocenters. The fraction of sp³-hybridized carbons (Fsp3) is 0.375. The number of aliphatic imine (C=N–C) groups is 1. The Balaban J connectivity index is 1.49. The van der Waals surface area contributed by atoms with Crippen LogP contribution in [0.5, 0.6) is 11.5 Å². The summed E-state index contributed by atoms with van der Waals surface area (Å²) in [6.45, 7) is 4.03. The highest BCUT2D eigenvalue weighted by atomic mass is 32.2. The maximum atomic E-state index is 13.1. The van der Waals surface area contributed by atoms with Gasteiger partial charge in [-0.2, -0.15) is 0 Å². The first kappa shape index (κ1) is 22.2. The molecule has 0 spiro atoms. The van der Waals surface area contributed by atoms with Gasteiger partial charge in [-0.15, -0.1) is 0 Å². The van der Waals surface area contributed by atoms with E-state index in [9.17, 15) is 9.59 Å². The molecule has 1 unspecified atom stereocenters. The zero-order chi connectivity index (χ0) is 22.8. The second kappa shape index (κ2) is 9.24. The Morgan fingerprint density at radius 1 is 1.12 bits per heavy atom. The van der Waals surface area contributed by atoms with Crippen molar-refractivity contribution in [2.75, 3.05) is 19.5 Å². The van der Waals surface area contributed by atoms with Crippen LogP contribution < -0.4 is 14.8 Å². The van der Waals surface area contributed by atoms with Gasteiger partial charge in [-0.3, -0.25) is 14.5 Å². The lowest BCUT2D eigenvalue weighted by Crippen LogP contribution is -2.35. The predicted octanol–water partition coefficient (Wildman–Crippen LogP) is 4.44. The van der Waals surface area contributed by atoms with Crippen molar-refractivity contribution in [2.24, 2.45) is 4.99 Å². The molecule has 7 nitrogen and oxygen atoms in total. The van der Waals surface area contributed by atoms with Crippen LogP contribution in [0.3, 0.4) is 0 Å². The second-order valence-corrected chi connectivity index (χ2v) is 9.22. The Kier molecular flexibility index (Phi) is 6.41. The number of anilines is 1. The van der Waals surface area contributed by atoms with Crippen LogP contribution in [0.2, 0.25) is 0 Å². The SMILES string of the molecule is COc1ccc(NC(=O)CC2SC(=Nc3cc(C)ccc3C)N(C3CC3)C2=O)cc1OC. The highest BCUT2D eigenvalue weighted by molar-refractivity contribution is 8.15. The van der Waals surface area contributed by atoms with Gasteiger partial charge < -0.3 is 14.8 Å². The van der Waals surface area contributed by atoms with Crippen LogP contribution in [0.25, 0.3) is 0 Å². The Morgan fingerprint density at radius 2 is 1.88 bits per heavy atom. The van der Waals surface area contributed by atoms with E-state index < -0.39 is 5.25 Å². The van der Waals surface area contributed by atoms with Gasteiger partial charge in [-0.25, -0.2) is 4.99 Å². The number of carbonyl (C=O) groups is 2. The monoisotopic (exact) mass is 453 g/mol. The minimum absolute atomic E-state index is 0.0379. The van der Waals surface area contributed by atoms with Crippen LogP contribution in [-0.2, 0) is 9.59 Å². The quantitative estimate of drug-likeness (QED) is 0.670. The number of nitrogens with one attached hydrogen (secondary N) is 1. The number of benzene rings is 2. The molecule has 2 aromatic carbocycles. The van der Waals surface area contributed by atoms with Crippen molar-refractivity contribution >= 4 is 40.1 Å². The van der Waals surface area contributed by atoms with E-state index in [0.717, 1.165) is 29.7 Å². The molecule has 8 heteroatoms. The Morgan fingerprint density at radius 3 is 2.56 bits per heavy atom. The number of ether oxygens (including phenoxy) is 2. The molecule has 32 heavy (non-hydrogen) atoms. The maximum absolute atomic E-state index is 13.1. The molecule has 168 valence electrons. The van der Waals surface area contributed by atoms with Gasteiger partial charge in [0.25, 0.3) is 0 Å². The van der Waals surface area contributed by atoms with Crippen LogP contribution in [0.1, 0.15) is 30.4 Å². The van der Waals surface area contributed by atoms with Gasteiger partial charge >= 0.3 is 0 Å². The molecular weight excluding hydrogens is 426 g/mol. The molecule has 1 aliphatic heterocycles. The molecule has 1 N–H and O–H groups in total. The van der Waals surface area contributed by atoms with Crippen LogP contribution in [0.4, 0.5) is 11.4 Å². The third-order valence-corrected chi connectivity index (χ3v) is 6.65. The standard InChI is InChI=1S/C24H27N3O4S/c1-14-5-6-15(2)18(11-14)26-24-27(17-8-9-17)23(29)21(32-24)13-22(28)25-16-7-10-19(30-3)20(12-16)31-4/h5-7,10-12,17,21H,8-9,13H2,1-4H3,(H,25,28). The van der Waals surface area contributed by atoms with Crippen molar-refractivity contribution in [3.8, 4) is 11.5 Å². The summed E-state index contributed by atoms with van der Waals surface area (Å²) in [4.78, 5) is 32.4. The first-order valence-corrected chi connectivity index (χ1v) is 11.4. The van der Waals surface area contributed by atoms with Gasteiger partial charge in [0.1, 0.15) is 5.25 Å². The normalized spacial score (nSPS) is 19.4. The number of hydrogen-bond acceptors (Lipinski definition) is 6. The molecular formula is C24H27N3O4S. The van der Waals surface area contributed by atoms with Crippen molar-refractivity contribution in [3.63, 3.8) is 0 Å². The zero-order valence-corrected chi connectivity index (χ0v) is 19.5. The number of carbonyl (C=O) groups excluding carboxylic acids is 2. The number of nitrogens with zero attached hydrogens (tertiary/aromatic N) is 2. The molecule has 1 saturated heterocycles. The minimum Gasteiger partial charge on any atom is -0.493 e. The first-order chi connectivity index (χ1) is 15.4. The number of amides is 2. The summed E-state index contributed by atoms with van der Waals surface area (Å²) in [5.74, 6) is 0.842. The van der Waals surface area contributed by atoms with E-state index in [0.29, 0.717) is 22.4 Å². The van der Waals surface area contributed by atoms with E-state index in [-0.39, 0.29) is 24.3 Å². The fourth-order valence-corrected chi connectivity index (χ4v) is 4.81. The summed E-state index contributed by atoms with van der Waals surface area (Å²) in [5.41, 5.74) is 3.63. The van der Waals surface area contributed by atoms with Gasteiger partial charge in [0.2, 0.25) is 11.8 Å². The molecule has 1 aliphatic carbocycles. The molecule has 2 aliphatic rings. The van der Waals surface area contributed by atoms with Gasteiger partial charge in [0, 0.05) is 24.2 Å². The lowest BCUT2D eigenvalue weighted by molar-refractivity contribution is -0.128. The predicted molar refractivity (Wildman–Crippen MR) is 127 cm³/mol. The van der Waals surface area contributed by atoms with Gasteiger partial charge in [-0.05, 0) is 56.0 Å². The van der Waals surface area contributed by atoms with Crippen LogP contribution >= 0.6 is 11.8 Å². The zero-order valence-electron chi connectivity index (χ0n) is 18.7. The molecule has 0 radical (unpaired) electrons. The van der Waals surface area contributed by atoms with Gasteiger partial charge in [0.05, 0.1) is 19.9 Å². The smallest absolute Gasteiger partial charge is 0.242 e. The highest BCUT2D eigenvalue weighted by Crippen LogP contribution is 2.40. The van der Waals surface area contributed by atoms with Crippen LogP contribution in [0, 0.1) is 13.8 Å². The molecule has 4 rings (SSSR count). The van der Waals surface area contributed by atoms with Crippen molar-refractivity contribution < 1.29 is 19.1 Å². The van der Waals surface area contributed by atoms with Crippen LogP contribution in [0.15, 0.2) is 41.4 Å². The number of hydrogen-bond donors (Lipinski definition) is 1. The summed E-state index contributed by atoms with van der Waals surface area (Å²) in [6, 6.07) is 11.5. The number of thioether (sulfide) groups is 1. The lowest BCUT2D eigenvalue weighted by Gasteiger charge is -2.15. The van der Waals surface area contributed by atoms with E-state index in [1.165, 1.54) is 11.8 Å². The average Bonchev–Trinajstić information content (AvgIpc) is 3.56. The number of methoxy groups -OCH3 is 2. The summed E-state index contributed by atoms with van der Waals surface area (Å²) in [6.07, 6.45) is 2.03. The van der Waals surface area contributed by atoms with E-state index in [1.54, 1.807) is 37.3 Å². The maximum Gasteiger partial charge on any atom is 0.242 e. The molecule has 2 amide bonds. The Labute approximate surface area is 192 Å². The molecule has 2 fully saturated rings. The largest absolute Gasteiger partial charge is 0.493 e. The van der Waals surface area contributed by atoms with Crippen molar-refractivity contribution in [3.05, 3.63) is 47.5 Å². The van der Waals surface area contributed by atoms with E-state index in [2.05, 4.69) is 5.32 Å².